The van der Waals surface area contributed by atoms with Crippen LogP contribution in [0.25, 0.3) is 0 Å². The zero-order chi connectivity index (χ0) is 14.2. The molecule has 0 atom stereocenters. The molecule has 1 amide bonds. The van der Waals surface area contributed by atoms with Gasteiger partial charge in [0.1, 0.15) is 18.1 Å². The Morgan fingerprint density at radius 3 is 2.44 bits per heavy atom. The molecule has 0 aliphatic carbocycles. The second-order valence-corrected chi connectivity index (χ2v) is 5.32. The summed E-state index contributed by atoms with van der Waals surface area (Å²) < 4.78 is 9.81. The minimum atomic E-state index is -0.647. The Balaban J connectivity index is 3.71. The maximum Gasteiger partial charge on any atom is 0.408 e. The van der Waals surface area contributed by atoms with Crippen LogP contribution in [0.15, 0.2) is 11.6 Å². The van der Waals surface area contributed by atoms with Gasteiger partial charge in [-0.3, -0.25) is 4.79 Å². The first-order valence-electron chi connectivity index (χ1n) is 5.36. The highest BCUT2D eigenvalue weighted by molar-refractivity contribution is 8.02. The van der Waals surface area contributed by atoms with Crippen molar-refractivity contribution >= 4 is 23.8 Å². The third kappa shape index (κ3) is 9.83. The predicted octanol–water partition coefficient (Wildman–Crippen LogP) is 1.44. The van der Waals surface area contributed by atoms with E-state index in [0.29, 0.717) is 5.03 Å². The van der Waals surface area contributed by atoms with Crippen molar-refractivity contribution in [3.63, 3.8) is 0 Å². The molecule has 0 bridgehead atoms. The van der Waals surface area contributed by atoms with Gasteiger partial charge >= 0.3 is 12.1 Å². The first-order chi connectivity index (χ1) is 8.24. The van der Waals surface area contributed by atoms with Gasteiger partial charge in [-0.15, -0.1) is 0 Å². The summed E-state index contributed by atoms with van der Waals surface area (Å²) in [6.07, 6.45) is -0.647. The average Bonchev–Trinajstić information content (AvgIpc) is 2.23. The maximum absolute atomic E-state index is 11.2. The molecule has 0 aromatic heterocycles. The molecule has 0 rings (SSSR count). The SMILES string of the molecule is C=C(NC)SCOC(=O)CNC(=O)OC(C)(C)C. The van der Waals surface area contributed by atoms with Crippen LogP contribution in [0, 0.1) is 0 Å². The van der Waals surface area contributed by atoms with E-state index >= 15 is 0 Å². The molecule has 0 aromatic rings. The van der Waals surface area contributed by atoms with E-state index in [0.717, 1.165) is 0 Å². The number of hydrogen-bond donors (Lipinski definition) is 2. The van der Waals surface area contributed by atoms with Crippen LogP contribution in [0.3, 0.4) is 0 Å². The Bertz CT molecular complexity index is 313. The lowest BCUT2D eigenvalue weighted by Gasteiger charge is -2.19. The van der Waals surface area contributed by atoms with E-state index in [1.165, 1.54) is 11.8 Å². The summed E-state index contributed by atoms with van der Waals surface area (Å²) in [5.41, 5.74) is -0.589. The lowest BCUT2D eigenvalue weighted by molar-refractivity contribution is -0.140. The van der Waals surface area contributed by atoms with Crippen molar-refractivity contribution in [1.29, 1.82) is 0 Å². The van der Waals surface area contributed by atoms with Crippen LogP contribution in [0.2, 0.25) is 0 Å². The van der Waals surface area contributed by atoms with Crippen LogP contribution in [-0.2, 0) is 14.3 Å². The van der Waals surface area contributed by atoms with Gasteiger partial charge in [0.2, 0.25) is 0 Å². The molecule has 104 valence electrons. The van der Waals surface area contributed by atoms with Crippen molar-refractivity contribution < 1.29 is 19.1 Å². The summed E-state index contributed by atoms with van der Waals surface area (Å²) in [5, 5.41) is 5.81. The van der Waals surface area contributed by atoms with Crippen molar-refractivity contribution in [2.45, 2.75) is 26.4 Å². The highest BCUT2D eigenvalue weighted by atomic mass is 32.2. The Morgan fingerprint density at radius 1 is 1.33 bits per heavy atom. The van der Waals surface area contributed by atoms with Gasteiger partial charge in [0, 0.05) is 7.05 Å². The van der Waals surface area contributed by atoms with Gasteiger partial charge in [0.25, 0.3) is 0 Å². The van der Waals surface area contributed by atoms with E-state index in [4.69, 9.17) is 9.47 Å². The fourth-order valence-electron chi connectivity index (χ4n) is 0.748. The number of amides is 1. The Morgan fingerprint density at radius 2 is 1.94 bits per heavy atom. The number of nitrogens with one attached hydrogen (secondary N) is 2. The minimum absolute atomic E-state index is 0.147. The van der Waals surface area contributed by atoms with Gasteiger partial charge in [-0.25, -0.2) is 4.79 Å². The summed E-state index contributed by atoms with van der Waals surface area (Å²) in [7, 11) is 1.72. The van der Waals surface area contributed by atoms with Gasteiger partial charge < -0.3 is 20.1 Å². The van der Waals surface area contributed by atoms with Crippen LogP contribution in [-0.4, -0.2) is 37.2 Å². The predicted molar refractivity (Wildman–Crippen MR) is 71.0 cm³/mol. The van der Waals surface area contributed by atoms with Gasteiger partial charge in [0.15, 0.2) is 0 Å². The van der Waals surface area contributed by atoms with Gasteiger partial charge in [-0.2, -0.15) is 0 Å². The molecule has 0 aliphatic heterocycles. The van der Waals surface area contributed by atoms with Crippen molar-refractivity contribution in [1.82, 2.24) is 10.6 Å². The first-order valence-corrected chi connectivity index (χ1v) is 6.35. The third-order valence-electron chi connectivity index (χ3n) is 1.51. The molecule has 0 fully saturated rings. The lowest BCUT2D eigenvalue weighted by atomic mass is 10.2. The van der Waals surface area contributed by atoms with Crippen LogP contribution in [0.1, 0.15) is 20.8 Å². The van der Waals surface area contributed by atoms with E-state index in [2.05, 4.69) is 17.2 Å². The average molecular weight is 276 g/mol. The van der Waals surface area contributed by atoms with Crippen molar-refractivity contribution in [2.75, 3.05) is 19.5 Å². The van der Waals surface area contributed by atoms with E-state index in [-0.39, 0.29) is 12.5 Å². The zero-order valence-corrected chi connectivity index (χ0v) is 12.0. The molecular formula is C11H20N2O4S. The highest BCUT2D eigenvalue weighted by Crippen LogP contribution is 2.09. The topological polar surface area (TPSA) is 76.7 Å². The van der Waals surface area contributed by atoms with E-state index < -0.39 is 17.7 Å². The molecule has 0 aliphatic rings. The summed E-state index contributed by atoms with van der Waals surface area (Å²) >= 11 is 1.26. The Hall–Kier alpha value is -1.37. The molecular weight excluding hydrogens is 256 g/mol. The molecule has 0 aromatic carbocycles. The van der Waals surface area contributed by atoms with Gasteiger partial charge in [0.05, 0.1) is 5.03 Å². The summed E-state index contributed by atoms with van der Waals surface area (Å²) in [5.74, 6) is -0.383. The van der Waals surface area contributed by atoms with Crippen molar-refractivity contribution in [3.8, 4) is 0 Å². The highest BCUT2D eigenvalue weighted by Gasteiger charge is 2.16. The summed E-state index contributed by atoms with van der Waals surface area (Å²) in [6, 6.07) is 0. The molecule has 0 heterocycles. The van der Waals surface area contributed by atoms with Crippen molar-refractivity contribution in [3.05, 3.63) is 11.6 Å². The molecule has 0 spiro atoms. The number of esters is 1. The largest absolute Gasteiger partial charge is 0.453 e. The summed E-state index contributed by atoms with van der Waals surface area (Å²) in [4.78, 5) is 22.4. The minimum Gasteiger partial charge on any atom is -0.453 e. The monoisotopic (exact) mass is 276 g/mol. The number of thioether (sulfide) groups is 1. The molecule has 0 unspecified atom stereocenters. The second kappa shape index (κ2) is 7.86. The Labute approximate surface area is 111 Å². The van der Waals surface area contributed by atoms with E-state index in [1.54, 1.807) is 27.8 Å². The van der Waals surface area contributed by atoms with Crippen LogP contribution in [0.5, 0.6) is 0 Å². The third-order valence-corrected chi connectivity index (χ3v) is 2.30. The number of carbonyl (C=O) groups excluding carboxylic acids is 2. The molecule has 0 saturated heterocycles. The second-order valence-electron chi connectivity index (χ2n) is 4.31. The number of alkyl carbamates (subject to hydrolysis) is 1. The molecule has 0 radical (unpaired) electrons. The molecule has 6 nitrogen and oxygen atoms in total. The van der Waals surface area contributed by atoms with Crippen LogP contribution in [0.4, 0.5) is 4.79 Å². The number of hydrogen-bond acceptors (Lipinski definition) is 6. The number of carbonyl (C=O) groups is 2. The smallest absolute Gasteiger partial charge is 0.408 e. The van der Waals surface area contributed by atoms with E-state index in [1.807, 2.05) is 0 Å². The van der Waals surface area contributed by atoms with E-state index in [9.17, 15) is 9.59 Å². The first kappa shape index (κ1) is 16.6. The molecule has 7 heteroatoms. The van der Waals surface area contributed by atoms with Crippen LogP contribution < -0.4 is 10.6 Å². The lowest BCUT2D eigenvalue weighted by Crippen LogP contribution is -2.36. The number of ether oxygens (including phenoxy) is 2. The quantitative estimate of drug-likeness (QED) is 0.564. The normalized spacial score (nSPS) is 10.4. The number of rotatable bonds is 6. The van der Waals surface area contributed by atoms with Gasteiger partial charge in [-0.05, 0) is 20.8 Å². The molecule has 2 N–H and O–H groups in total. The Kier molecular flexibility index (Phi) is 7.26. The van der Waals surface area contributed by atoms with Gasteiger partial charge in [-0.1, -0.05) is 18.3 Å². The fourth-order valence-corrected chi connectivity index (χ4v) is 1.22. The molecule has 18 heavy (non-hydrogen) atoms. The maximum atomic E-state index is 11.2. The van der Waals surface area contributed by atoms with Crippen molar-refractivity contribution in [2.24, 2.45) is 0 Å². The standard InChI is InChI=1S/C11H20N2O4S/c1-8(12-5)18-7-16-9(14)6-13-10(15)17-11(2,3)4/h12H,1,6-7H2,2-5H3,(H,13,15). The molecule has 0 saturated carbocycles. The zero-order valence-electron chi connectivity index (χ0n) is 11.2. The fraction of sp³-hybridized carbons (Fsp3) is 0.636. The van der Waals surface area contributed by atoms with Crippen LogP contribution >= 0.6 is 11.8 Å². The summed E-state index contributed by atoms with van der Waals surface area (Å²) in [6.45, 7) is 8.66.